The van der Waals surface area contributed by atoms with Crippen molar-refractivity contribution in [2.45, 2.75) is 32.7 Å². The first-order valence-corrected chi connectivity index (χ1v) is 6.96. The lowest BCUT2D eigenvalue weighted by molar-refractivity contribution is -0.120. The van der Waals surface area contributed by atoms with Crippen LogP contribution in [0.2, 0.25) is 0 Å². The molecule has 1 aromatic carbocycles. The minimum atomic E-state index is -0.644. The Hall–Kier alpha value is -2.04. The summed E-state index contributed by atoms with van der Waals surface area (Å²) in [5.41, 5.74) is 7.98. The molecular formula is C15H21N3O2. The highest BCUT2D eigenvalue weighted by Gasteiger charge is 2.24. The van der Waals surface area contributed by atoms with Gasteiger partial charge in [-0.15, -0.1) is 0 Å². The summed E-state index contributed by atoms with van der Waals surface area (Å²) >= 11 is 0. The fraction of sp³-hybridized carbons (Fsp3) is 0.467. The van der Waals surface area contributed by atoms with Crippen molar-refractivity contribution in [3.05, 3.63) is 29.3 Å². The number of fused-ring (bicyclic) bond motifs is 1. The second kappa shape index (κ2) is 5.94. The fourth-order valence-electron chi connectivity index (χ4n) is 2.51. The Kier molecular flexibility index (Phi) is 4.27. The van der Waals surface area contributed by atoms with E-state index in [9.17, 15) is 9.59 Å². The van der Waals surface area contributed by atoms with Gasteiger partial charge in [0.2, 0.25) is 5.91 Å². The van der Waals surface area contributed by atoms with Crippen molar-refractivity contribution in [3.63, 3.8) is 0 Å². The van der Waals surface area contributed by atoms with Crippen LogP contribution in [0, 0.1) is 5.92 Å². The van der Waals surface area contributed by atoms with Crippen LogP contribution in [-0.2, 0) is 11.2 Å². The van der Waals surface area contributed by atoms with Gasteiger partial charge in [0, 0.05) is 17.8 Å². The molecule has 0 aromatic heterocycles. The summed E-state index contributed by atoms with van der Waals surface area (Å²) in [6.07, 6.45) is 1.87. The van der Waals surface area contributed by atoms with Crippen LogP contribution in [0.15, 0.2) is 18.2 Å². The highest BCUT2D eigenvalue weighted by molar-refractivity contribution is 5.99. The minimum absolute atomic E-state index is 0.0332. The molecule has 0 bridgehead atoms. The molecule has 5 heteroatoms. The molecule has 1 heterocycles. The van der Waals surface area contributed by atoms with Gasteiger partial charge in [0.1, 0.15) is 6.04 Å². The number of amides is 2. The number of hydrogen-bond donors (Lipinski definition) is 3. The highest BCUT2D eigenvalue weighted by Crippen LogP contribution is 2.25. The van der Waals surface area contributed by atoms with Crippen LogP contribution in [0.5, 0.6) is 0 Å². The molecule has 5 nitrogen and oxygen atoms in total. The third-order valence-electron chi connectivity index (χ3n) is 3.60. The maximum atomic E-state index is 12.4. The Morgan fingerprint density at radius 1 is 1.35 bits per heavy atom. The first-order chi connectivity index (χ1) is 9.50. The molecule has 2 rings (SSSR count). The summed E-state index contributed by atoms with van der Waals surface area (Å²) in [6, 6.07) is 4.97. The van der Waals surface area contributed by atoms with Crippen LogP contribution in [0.3, 0.4) is 0 Å². The number of hydrogen-bond acceptors (Lipinski definition) is 3. The van der Waals surface area contributed by atoms with Gasteiger partial charge in [-0.3, -0.25) is 9.59 Å². The Morgan fingerprint density at radius 2 is 2.10 bits per heavy atom. The molecule has 0 spiro atoms. The number of primary amides is 1. The third kappa shape index (κ3) is 2.92. The fourth-order valence-corrected chi connectivity index (χ4v) is 2.51. The Bertz CT molecular complexity index is 526. The maximum Gasteiger partial charge on any atom is 0.252 e. The van der Waals surface area contributed by atoms with Crippen LogP contribution in [0.1, 0.15) is 36.2 Å². The molecular weight excluding hydrogens is 254 g/mol. The second-order valence-corrected chi connectivity index (χ2v) is 5.46. The van der Waals surface area contributed by atoms with Crippen LogP contribution in [0.4, 0.5) is 5.69 Å². The van der Waals surface area contributed by atoms with Crippen molar-refractivity contribution >= 4 is 17.5 Å². The van der Waals surface area contributed by atoms with Crippen LogP contribution >= 0.6 is 0 Å². The lowest BCUT2D eigenvalue weighted by atomic mass is 9.96. The predicted molar refractivity (Wildman–Crippen MR) is 78.5 cm³/mol. The van der Waals surface area contributed by atoms with E-state index in [2.05, 4.69) is 10.6 Å². The monoisotopic (exact) mass is 275 g/mol. The average Bonchev–Trinajstić information content (AvgIpc) is 2.43. The third-order valence-corrected chi connectivity index (χ3v) is 3.60. The zero-order valence-corrected chi connectivity index (χ0v) is 11.9. The van der Waals surface area contributed by atoms with Crippen molar-refractivity contribution in [2.24, 2.45) is 11.7 Å². The summed E-state index contributed by atoms with van der Waals surface area (Å²) in [5.74, 6) is -0.770. The van der Waals surface area contributed by atoms with Gasteiger partial charge in [-0.25, -0.2) is 0 Å². The molecule has 1 aliphatic rings. The largest absolute Gasteiger partial charge is 0.385 e. The molecule has 0 radical (unpaired) electrons. The quantitative estimate of drug-likeness (QED) is 0.774. The van der Waals surface area contributed by atoms with Crippen molar-refractivity contribution in [2.75, 3.05) is 11.9 Å². The normalized spacial score (nSPS) is 15.2. The van der Waals surface area contributed by atoms with Gasteiger partial charge in [0.25, 0.3) is 5.91 Å². The van der Waals surface area contributed by atoms with Gasteiger partial charge >= 0.3 is 0 Å². The first kappa shape index (κ1) is 14.4. The summed E-state index contributed by atoms with van der Waals surface area (Å²) < 4.78 is 0. The van der Waals surface area contributed by atoms with Crippen molar-refractivity contribution < 1.29 is 9.59 Å². The molecule has 2 amide bonds. The molecule has 0 saturated heterocycles. The van der Waals surface area contributed by atoms with E-state index in [1.54, 1.807) is 6.07 Å². The number of anilines is 1. The average molecular weight is 275 g/mol. The van der Waals surface area contributed by atoms with Crippen molar-refractivity contribution in [3.8, 4) is 0 Å². The predicted octanol–water partition coefficient (Wildman–Crippen LogP) is 1.28. The summed E-state index contributed by atoms with van der Waals surface area (Å²) in [6.45, 7) is 4.64. The molecule has 1 aliphatic heterocycles. The van der Waals surface area contributed by atoms with Gasteiger partial charge < -0.3 is 16.4 Å². The van der Waals surface area contributed by atoms with E-state index in [-0.39, 0.29) is 11.8 Å². The van der Waals surface area contributed by atoms with Gasteiger partial charge in [0.15, 0.2) is 0 Å². The second-order valence-electron chi connectivity index (χ2n) is 5.46. The SMILES string of the molecule is CC(C)C(NC(=O)c1cccc2c1CCCN2)C(N)=O. The standard InChI is InChI=1S/C15H21N3O2/c1-9(2)13(14(16)19)18-15(20)11-5-3-7-12-10(11)6-4-8-17-12/h3,5,7,9,13,17H,4,6,8H2,1-2H3,(H2,16,19)(H,18,20). The highest BCUT2D eigenvalue weighted by atomic mass is 16.2. The zero-order valence-electron chi connectivity index (χ0n) is 11.9. The van der Waals surface area contributed by atoms with Crippen LogP contribution in [0.25, 0.3) is 0 Å². The van der Waals surface area contributed by atoms with E-state index in [0.717, 1.165) is 30.6 Å². The van der Waals surface area contributed by atoms with Gasteiger partial charge in [-0.2, -0.15) is 0 Å². The van der Waals surface area contributed by atoms with Crippen LogP contribution in [-0.4, -0.2) is 24.4 Å². The maximum absolute atomic E-state index is 12.4. The molecule has 108 valence electrons. The molecule has 0 saturated carbocycles. The first-order valence-electron chi connectivity index (χ1n) is 6.96. The summed E-state index contributed by atoms with van der Waals surface area (Å²) in [5, 5.41) is 6.03. The van der Waals surface area contributed by atoms with Crippen molar-refractivity contribution in [1.29, 1.82) is 0 Å². The summed E-state index contributed by atoms with van der Waals surface area (Å²) in [4.78, 5) is 23.8. The van der Waals surface area contributed by atoms with E-state index in [1.807, 2.05) is 26.0 Å². The molecule has 1 atom stereocenters. The number of nitrogens with one attached hydrogen (secondary N) is 2. The van der Waals surface area contributed by atoms with Gasteiger partial charge in [-0.1, -0.05) is 19.9 Å². The van der Waals surface area contributed by atoms with E-state index in [4.69, 9.17) is 5.73 Å². The minimum Gasteiger partial charge on any atom is -0.385 e. The van der Waals surface area contributed by atoms with Crippen molar-refractivity contribution in [1.82, 2.24) is 5.32 Å². The Labute approximate surface area is 118 Å². The number of carbonyl (C=O) groups is 2. The topological polar surface area (TPSA) is 84.2 Å². The lowest BCUT2D eigenvalue weighted by Gasteiger charge is -2.23. The molecule has 0 aliphatic carbocycles. The van der Waals surface area contributed by atoms with E-state index in [1.165, 1.54) is 0 Å². The Morgan fingerprint density at radius 3 is 2.75 bits per heavy atom. The number of carbonyl (C=O) groups excluding carboxylic acids is 2. The lowest BCUT2D eigenvalue weighted by Crippen LogP contribution is -2.47. The van der Waals surface area contributed by atoms with E-state index in [0.29, 0.717) is 5.56 Å². The smallest absolute Gasteiger partial charge is 0.252 e. The van der Waals surface area contributed by atoms with Gasteiger partial charge in [0.05, 0.1) is 0 Å². The molecule has 1 unspecified atom stereocenters. The molecule has 20 heavy (non-hydrogen) atoms. The summed E-state index contributed by atoms with van der Waals surface area (Å²) in [7, 11) is 0. The number of benzene rings is 1. The van der Waals surface area contributed by atoms with E-state index < -0.39 is 11.9 Å². The molecule has 1 aromatic rings. The van der Waals surface area contributed by atoms with Gasteiger partial charge in [-0.05, 0) is 36.5 Å². The molecule has 0 fully saturated rings. The van der Waals surface area contributed by atoms with Crippen LogP contribution < -0.4 is 16.4 Å². The Balaban J connectivity index is 2.23. The molecule has 4 N–H and O–H groups in total. The number of nitrogens with two attached hydrogens (primary N) is 1. The zero-order chi connectivity index (χ0) is 14.7. The number of rotatable bonds is 4. The van der Waals surface area contributed by atoms with E-state index >= 15 is 0 Å².